The van der Waals surface area contributed by atoms with Gasteiger partial charge in [-0.3, -0.25) is 0 Å². The van der Waals surface area contributed by atoms with Gasteiger partial charge in [0, 0.05) is 48.9 Å². The maximum Gasteiger partial charge on any atom is 0.120 e. The number of nitrogens with zero attached hydrogens (tertiary/aromatic N) is 2. The quantitative estimate of drug-likeness (QED) is 0.167. The van der Waals surface area contributed by atoms with E-state index in [1.54, 1.807) is 39.1 Å². The van der Waals surface area contributed by atoms with Crippen LogP contribution in [-0.2, 0) is 26.5 Å². The van der Waals surface area contributed by atoms with Gasteiger partial charge in [0.15, 0.2) is 0 Å². The molecule has 0 aliphatic carbocycles. The third-order valence-corrected chi connectivity index (χ3v) is 6.98. The van der Waals surface area contributed by atoms with Gasteiger partial charge in [0.1, 0.15) is 5.58 Å². The Labute approximate surface area is 291 Å². The van der Waals surface area contributed by atoms with Crippen molar-refractivity contribution in [1.29, 1.82) is 0 Å². The molecule has 0 aliphatic rings. The van der Waals surface area contributed by atoms with Gasteiger partial charge in [-0.15, -0.1) is 54.1 Å². The Morgan fingerprint density at radius 1 is 0.756 bits per heavy atom. The third-order valence-electron chi connectivity index (χ3n) is 6.98. The van der Waals surface area contributed by atoms with Crippen molar-refractivity contribution in [2.24, 2.45) is 5.41 Å². The molecule has 0 amide bonds. The molecule has 0 bridgehead atoms. The van der Waals surface area contributed by atoms with Crippen LogP contribution in [0.1, 0.15) is 48.4 Å². The number of para-hydroxylation sites is 1. The molecule has 7 aromatic rings. The zero-order chi connectivity index (χ0) is 37.5. The molecule has 0 spiro atoms. The molecule has 0 fully saturated rings. The summed E-state index contributed by atoms with van der Waals surface area (Å²) in [6.45, 7) is 0.00710. The Hall–Kier alpha value is -4.37. The molecule has 4 heteroatoms. The van der Waals surface area contributed by atoms with E-state index in [-0.39, 0.29) is 47.9 Å². The van der Waals surface area contributed by atoms with Crippen LogP contribution in [0.25, 0.3) is 55.6 Å². The Morgan fingerprint density at radius 2 is 1.58 bits per heavy atom. The van der Waals surface area contributed by atoms with Crippen LogP contribution in [0.4, 0.5) is 0 Å². The Bertz CT molecular complexity index is 2310. The van der Waals surface area contributed by atoms with Crippen molar-refractivity contribution in [3.8, 4) is 33.6 Å². The standard InChI is InChI=1S/C30H28NO.C11H8N.Ir/c1-19-15-21(17-30(3,4)5)13-14-22(19)26-16-27(31-18-20(26)2)25-11-8-10-24-23-9-6-7-12-28(23)32-29(24)25;1-2-6-10(7-3-1)11-8-4-5-9-12-11;/h6-10,12-16,18H,17H2,1-5H3;1-6,8-9H;/q2*-1;/i1D3,2D3,17D2;;. The fourth-order valence-electron chi connectivity index (χ4n) is 5.06. The minimum Gasteiger partial charge on any atom is -0.501 e. The fourth-order valence-corrected chi connectivity index (χ4v) is 5.06. The SMILES string of the molecule is [2H]C([2H])([2H])c1cnc(-c2[c-]ccc3c2oc2ccccc23)cc1-c1ccc(C([2H])([2H])C(C)(C)C)cc1C([2H])([2H])[2H].[Ir].[c-]1ccccc1-c1ccccn1. The topological polar surface area (TPSA) is 38.9 Å². The third kappa shape index (κ3) is 7.31. The van der Waals surface area contributed by atoms with E-state index in [4.69, 9.17) is 15.4 Å². The van der Waals surface area contributed by atoms with Gasteiger partial charge in [0.25, 0.3) is 0 Å². The molecule has 227 valence electrons. The zero-order valence-corrected chi connectivity index (χ0v) is 27.5. The summed E-state index contributed by atoms with van der Waals surface area (Å²) in [4.78, 5) is 8.67. The van der Waals surface area contributed by atoms with Crippen LogP contribution in [0.3, 0.4) is 0 Å². The molecule has 4 aromatic carbocycles. The van der Waals surface area contributed by atoms with Gasteiger partial charge in [-0.05, 0) is 76.8 Å². The maximum absolute atomic E-state index is 8.67. The van der Waals surface area contributed by atoms with Crippen molar-refractivity contribution < 1.29 is 35.5 Å². The predicted molar refractivity (Wildman–Crippen MR) is 182 cm³/mol. The van der Waals surface area contributed by atoms with Crippen LogP contribution >= 0.6 is 0 Å². The Kier molecular flexibility index (Phi) is 7.03. The van der Waals surface area contributed by atoms with E-state index < -0.39 is 25.5 Å². The first-order chi connectivity index (χ1) is 24.5. The molecule has 0 aliphatic heterocycles. The van der Waals surface area contributed by atoms with Gasteiger partial charge in [0.2, 0.25) is 0 Å². The molecule has 45 heavy (non-hydrogen) atoms. The molecular formula is C41H36IrN2O-2. The monoisotopic (exact) mass is 773 g/mol. The second-order valence-corrected chi connectivity index (χ2v) is 11.4. The van der Waals surface area contributed by atoms with Crippen molar-refractivity contribution >= 4 is 21.9 Å². The molecule has 3 heterocycles. The number of fused-ring (bicyclic) bond motifs is 3. The van der Waals surface area contributed by atoms with E-state index in [0.29, 0.717) is 22.4 Å². The fraction of sp³-hybridized carbons (Fsp3) is 0.171. The molecule has 0 saturated heterocycles. The maximum atomic E-state index is 8.67. The normalized spacial score (nSPS) is 14.6. The van der Waals surface area contributed by atoms with Gasteiger partial charge in [-0.2, -0.15) is 0 Å². The molecule has 0 saturated carbocycles. The molecule has 0 atom stereocenters. The van der Waals surface area contributed by atoms with Crippen molar-refractivity contribution in [3.05, 3.63) is 144 Å². The van der Waals surface area contributed by atoms with E-state index in [2.05, 4.69) is 22.1 Å². The molecule has 7 rings (SSSR count). The second-order valence-electron chi connectivity index (χ2n) is 11.4. The second kappa shape index (κ2) is 13.7. The molecule has 0 N–H and O–H groups in total. The Balaban J connectivity index is 0.000000352. The molecule has 3 aromatic heterocycles. The predicted octanol–water partition coefficient (Wildman–Crippen LogP) is 10.9. The number of furan rings is 1. The molecule has 0 unspecified atom stereocenters. The van der Waals surface area contributed by atoms with Gasteiger partial charge >= 0.3 is 0 Å². The number of rotatable bonds is 4. The first-order valence-corrected chi connectivity index (χ1v) is 14.3. The van der Waals surface area contributed by atoms with Crippen molar-refractivity contribution in [3.63, 3.8) is 0 Å². The smallest absolute Gasteiger partial charge is 0.120 e. The van der Waals surface area contributed by atoms with Crippen molar-refractivity contribution in [1.82, 2.24) is 9.97 Å². The average molecular weight is 773 g/mol. The number of benzene rings is 4. The molecule has 1 radical (unpaired) electrons. The van der Waals surface area contributed by atoms with Gasteiger partial charge in [0.05, 0.1) is 5.58 Å². The average Bonchev–Trinajstić information content (AvgIpc) is 3.50. The summed E-state index contributed by atoms with van der Waals surface area (Å²) in [6, 6.07) is 37.1. The van der Waals surface area contributed by atoms with Gasteiger partial charge < -0.3 is 14.4 Å². The zero-order valence-electron chi connectivity index (χ0n) is 33.1. The van der Waals surface area contributed by atoms with Crippen molar-refractivity contribution in [2.75, 3.05) is 0 Å². The summed E-state index contributed by atoms with van der Waals surface area (Å²) in [6.07, 6.45) is 1.20. The van der Waals surface area contributed by atoms with E-state index in [1.165, 1.54) is 24.4 Å². The molecular weight excluding hydrogens is 729 g/mol. The summed E-state index contributed by atoms with van der Waals surface area (Å²) in [7, 11) is 0. The number of pyridine rings is 2. The van der Waals surface area contributed by atoms with Gasteiger partial charge in [-0.25, -0.2) is 0 Å². The minimum absolute atomic E-state index is 0. The number of aryl methyl sites for hydroxylation is 2. The number of hydrogen-bond donors (Lipinski definition) is 0. The summed E-state index contributed by atoms with van der Waals surface area (Å²) in [5.41, 5.74) is 3.64. The first-order valence-electron chi connectivity index (χ1n) is 18.3. The van der Waals surface area contributed by atoms with Crippen LogP contribution in [0.2, 0.25) is 0 Å². The van der Waals surface area contributed by atoms with E-state index >= 15 is 0 Å². The summed E-state index contributed by atoms with van der Waals surface area (Å²) >= 11 is 0. The van der Waals surface area contributed by atoms with Crippen LogP contribution in [0.5, 0.6) is 0 Å². The molecule has 3 nitrogen and oxygen atoms in total. The Morgan fingerprint density at radius 3 is 2.33 bits per heavy atom. The summed E-state index contributed by atoms with van der Waals surface area (Å²) in [5, 5.41) is 1.77. The summed E-state index contributed by atoms with van der Waals surface area (Å²) < 4.78 is 72.8. The van der Waals surface area contributed by atoms with Crippen LogP contribution in [0, 0.1) is 31.3 Å². The number of hydrogen-bond acceptors (Lipinski definition) is 3. The van der Waals surface area contributed by atoms with Crippen LogP contribution in [0.15, 0.2) is 120 Å². The van der Waals surface area contributed by atoms with Crippen LogP contribution < -0.4 is 0 Å². The van der Waals surface area contributed by atoms with Crippen molar-refractivity contribution in [2.45, 2.75) is 40.8 Å². The number of aromatic nitrogens is 2. The van der Waals surface area contributed by atoms with E-state index in [9.17, 15) is 0 Å². The van der Waals surface area contributed by atoms with E-state index in [0.717, 1.165) is 22.0 Å². The first kappa shape index (κ1) is 23.0. The van der Waals surface area contributed by atoms with E-state index in [1.807, 2.05) is 72.8 Å². The largest absolute Gasteiger partial charge is 0.501 e. The van der Waals surface area contributed by atoms with Gasteiger partial charge in [-0.1, -0.05) is 86.3 Å². The van der Waals surface area contributed by atoms with Crippen LogP contribution in [-0.4, -0.2) is 9.97 Å². The summed E-state index contributed by atoms with van der Waals surface area (Å²) in [5.74, 6) is 0. The minimum atomic E-state index is -2.64.